The van der Waals surface area contributed by atoms with Gasteiger partial charge in [0.05, 0.1) is 17.8 Å². The zero-order valence-electron chi connectivity index (χ0n) is 10.6. The second kappa shape index (κ2) is 6.69. The molecule has 100 valence electrons. The molecular weight excluding hydrogens is 306 g/mol. The number of nitriles is 1. The van der Waals surface area contributed by atoms with Crippen molar-refractivity contribution in [1.82, 2.24) is 5.32 Å². The fraction of sp³-hybridized carbons (Fsp3) is 0.429. The number of halogens is 1. The Hall–Kier alpha value is -1.38. The van der Waals surface area contributed by atoms with Crippen molar-refractivity contribution in [3.63, 3.8) is 0 Å². The molecule has 1 aliphatic rings. The van der Waals surface area contributed by atoms with Crippen molar-refractivity contribution in [2.75, 3.05) is 11.9 Å². The van der Waals surface area contributed by atoms with Crippen molar-refractivity contribution in [3.8, 4) is 6.07 Å². The third-order valence-electron chi connectivity index (χ3n) is 3.28. The topological polar surface area (TPSA) is 64.9 Å². The number of nitrogens with one attached hydrogen (secondary N) is 2. The Bertz CT molecular complexity index is 504. The summed E-state index contributed by atoms with van der Waals surface area (Å²) in [5, 5.41) is 15.0. The number of amides is 1. The Kier molecular flexibility index (Phi) is 4.94. The summed E-state index contributed by atoms with van der Waals surface area (Å²) < 4.78 is 0.838. The molecule has 1 aliphatic carbocycles. The van der Waals surface area contributed by atoms with E-state index in [1.807, 2.05) is 0 Å². The second-order valence-corrected chi connectivity index (χ2v) is 5.63. The minimum atomic E-state index is -0.110. The number of hydrogen-bond acceptors (Lipinski definition) is 3. The lowest BCUT2D eigenvalue weighted by atomic mass is 10.2. The van der Waals surface area contributed by atoms with Gasteiger partial charge in [0, 0.05) is 10.5 Å². The Balaban J connectivity index is 1.91. The van der Waals surface area contributed by atoms with Crippen LogP contribution in [0.4, 0.5) is 5.69 Å². The van der Waals surface area contributed by atoms with Crippen LogP contribution in [0.3, 0.4) is 0 Å². The molecule has 0 heterocycles. The Labute approximate surface area is 121 Å². The van der Waals surface area contributed by atoms with Gasteiger partial charge in [-0.05, 0) is 31.0 Å². The predicted molar refractivity (Wildman–Crippen MR) is 77.7 cm³/mol. The van der Waals surface area contributed by atoms with Gasteiger partial charge in [0.2, 0.25) is 5.91 Å². The third-order valence-corrected chi connectivity index (χ3v) is 3.78. The van der Waals surface area contributed by atoms with Crippen LogP contribution < -0.4 is 10.6 Å². The summed E-state index contributed by atoms with van der Waals surface area (Å²) in [5.41, 5.74) is 1.02. The van der Waals surface area contributed by atoms with E-state index < -0.39 is 0 Å². The SMILES string of the molecule is N#Cc1ccc(Br)cc1NC(=O)CNC1CCCC1. The van der Waals surface area contributed by atoms with Crippen LogP contribution >= 0.6 is 15.9 Å². The molecule has 5 heteroatoms. The summed E-state index contributed by atoms with van der Waals surface area (Å²) in [7, 11) is 0. The number of benzene rings is 1. The second-order valence-electron chi connectivity index (χ2n) is 4.71. The highest BCUT2D eigenvalue weighted by Crippen LogP contribution is 2.21. The molecule has 0 aliphatic heterocycles. The number of carbonyl (C=O) groups is 1. The van der Waals surface area contributed by atoms with E-state index >= 15 is 0 Å². The van der Waals surface area contributed by atoms with Gasteiger partial charge in [0.25, 0.3) is 0 Å². The number of hydrogen-bond donors (Lipinski definition) is 2. The molecule has 0 unspecified atom stereocenters. The maximum atomic E-state index is 11.9. The van der Waals surface area contributed by atoms with Gasteiger partial charge in [0.15, 0.2) is 0 Å². The smallest absolute Gasteiger partial charge is 0.238 e. The number of rotatable bonds is 4. The van der Waals surface area contributed by atoms with Crippen LogP contribution in [0, 0.1) is 11.3 Å². The molecule has 0 saturated heterocycles. The minimum absolute atomic E-state index is 0.110. The van der Waals surface area contributed by atoms with Crippen LogP contribution in [0.15, 0.2) is 22.7 Å². The summed E-state index contributed by atoms with van der Waals surface area (Å²) >= 11 is 3.33. The highest BCUT2D eigenvalue weighted by atomic mass is 79.9. The molecule has 19 heavy (non-hydrogen) atoms. The highest BCUT2D eigenvalue weighted by molar-refractivity contribution is 9.10. The lowest BCUT2D eigenvalue weighted by molar-refractivity contribution is -0.115. The fourth-order valence-electron chi connectivity index (χ4n) is 2.28. The van der Waals surface area contributed by atoms with E-state index in [-0.39, 0.29) is 5.91 Å². The Morgan fingerprint density at radius 3 is 2.84 bits per heavy atom. The number of carbonyl (C=O) groups excluding carboxylic acids is 1. The summed E-state index contributed by atoms with van der Waals surface area (Å²) in [6, 6.07) is 7.74. The Morgan fingerprint density at radius 1 is 1.42 bits per heavy atom. The van der Waals surface area contributed by atoms with E-state index in [1.54, 1.807) is 18.2 Å². The van der Waals surface area contributed by atoms with Crippen molar-refractivity contribution in [2.24, 2.45) is 0 Å². The summed E-state index contributed by atoms with van der Waals surface area (Å²) in [4.78, 5) is 11.9. The zero-order valence-corrected chi connectivity index (χ0v) is 12.2. The van der Waals surface area contributed by atoms with Gasteiger partial charge in [-0.3, -0.25) is 4.79 Å². The van der Waals surface area contributed by atoms with E-state index in [1.165, 1.54) is 12.8 Å². The first-order valence-electron chi connectivity index (χ1n) is 6.42. The first kappa shape index (κ1) is 14.0. The van der Waals surface area contributed by atoms with Crippen molar-refractivity contribution < 1.29 is 4.79 Å². The summed E-state index contributed by atoms with van der Waals surface area (Å²) in [5.74, 6) is -0.110. The molecule has 1 fully saturated rings. The molecule has 0 spiro atoms. The molecule has 1 aromatic carbocycles. The maximum Gasteiger partial charge on any atom is 0.238 e. The number of nitrogens with zero attached hydrogens (tertiary/aromatic N) is 1. The van der Waals surface area contributed by atoms with Gasteiger partial charge >= 0.3 is 0 Å². The van der Waals surface area contributed by atoms with Gasteiger partial charge < -0.3 is 10.6 Å². The molecule has 0 aromatic heterocycles. The standard InChI is InChI=1S/C14H16BrN3O/c15-11-6-5-10(8-16)13(7-11)18-14(19)9-17-12-3-1-2-4-12/h5-7,12,17H,1-4,9H2,(H,18,19). The van der Waals surface area contributed by atoms with Crippen molar-refractivity contribution in [3.05, 3.63) is 28.2 Å². The first-order valence-corrected chi connectivity index (χ1v) is 7.21. The molecule has 4 nitrogen and oxygen atoms in total. The molecule has 0 atom stereocenters. The normalized spacial score (nSPS) is 15.2. The van der Waals surface area contributed by atoms with Crippen molar-refractivity contribution >= 4 is 27.5 Å². The molecule has 0 radical (unpaired) electrons. The van der Waals surface area contributed by atoms with Gasteiger partial charge in [0.1, 0.15) is 6.07 Å². The average Bonchev–Trinajstić information content (AvgIpc) is 2.90. The van der Waals surface area contributed by atoms with E-state index in [9.17, 15) is 4.79 Å². The first-order chi connectivity index (χ1) is 9.19. The zero-order chi connectivity index (χ0) is 13.7. The van der Waals surface area contributed by atoms with E-state index in [2.05, 4.69) is 32.6 Å². The van der Waals surface area contributed by atoms with E-state index in [4.69, 9.17) is 5.26 Å². The molecule has 1 saturated carbocycles. The molecule has 1 amide bonds. The van der Waals surface area contributed by atoms with Gasteiger partial charge in [-0.25, -0.2) is 0 Å². The highest BCUT2D eigenvalue weighted by Gasteiger charge is 2.15. The summed E-state index contributed by atoms with van der Waals surface area (Å²) in [6.07, 6.45) is 4.77. The lowest BCUT2D eigenvalue weighted by Crippen LogP contribution is -2.34. The Morgan fingerprint density at radius 2 is 2.16 bits per heavy atom. The fourth-order valence-corrected chi connectivity index (χ4v) is 2.64. The predicted octanol–water partition coefficient (Wildman–Crippen LogP) is 2.79. The molecule has 2 rings (SSSR count). The molecule has 2 N–H and O–H groups in total. The van der Waals surface area contributed by atoms with Crippen molar-refractivity contribution in [2.45, 2.75) is 31.7 Å². The van der Waals surface area contributed by atoms with Gasteiger partial charge in [-0.2, -0.15) is 5.26 Å². The van der Waals surface area contributed by atoms with E-state index in [0.29, 0.717) is 23.8 Å². The van der Waals surface area contributed by atoms with Gasteiger partial charge in [-0.15, -0.1) is 0 Å². The molecule has 1 aromatic rings. The van der Waals surface area contributed by atoms with Crippen LogP contribution in [-0.4, -0.2) is 18.5 Å². The van der Waals surface area contributed by atoms with Crippen LogP contribution in [0.25, 0.3) is 0 Å². The van der Waals surface area contributed by atoms with Crippen LogP contribution in [0.1, 0.15) is 31.2 Å². The van der Waals surface area contributed by atoms with Crippen molar-refractivity contribution in [1.29, 1.82) is 5.26 Å². The van der Waals surface area contributed by atoms with Crippen LogP contribution in [0.2, 0.25) is 0 Å². The lowest BCUT2D eigenvalue weighted by Gasteiger charge is -2.12. The minimum Gasteiger partial charge on any atom is -0.324 e. The average molecular weight is 322 g/mol. The van der Waals surface area contributed by atoms with Crippen LogP contribution in [-0.2, 0) is 4.79 Å². The maximum absolute atomic E-state index is 11.9. The van der Waals surface area contributed by atoms with Crippen LogP contribution in [0.5, 0.6) is 0 Å². The third kappa shape index (κ3) is 4.05. The monoisotopic (exact) mass is 321 g/mol. The quantitative estimate of drug-likeness (QED) is 0.896. The largest absolute Gasteiger partial charge is 0.324 e. The molecular formula is C14H16BrN3O. The van der Waals surface area contributed by atoms with Gasteiger partial charge in [-0.1, -0.05) is 28.8 Å². The van der Waals surface area contributed by atoms with E-state index in [0.717, 1.165) is 17.3 Å². The summed E-state index contributed by atoms with van der Waals surface area (Å²) in [6.45, 7) is 0.294. The molecule has 0 bridgehead atoms. The number of anilines is 1.